The molecule has 5 amide bonds. The number of ether oxygens (including phenoxy) is 1. The van der Waals surface area contributed by atoms with E-state index in [1.54, 1.807) is 29.2 Å². The van der Waals surface area contributed by atoms with Crippen molar-refractivity contribution in [1.29, 1.82) is 5.26 Å². The number of amides is 5. The lowest BCUT2D eigenvalue weighted by atomic mass is 9.95. The van der Waals surface area contributed by atoms with Gasteiger partial charge in [-0.25, -0.2) is 9.64 Å². The fourth-order valence-electron chi connectivity index (χ4n) is 8.53. The Bertz CT molecular complexity index is 2170. The van der Waals surface area contributed by atoms with Gasteiger partial charge in [-0.05, 0) is 79.8 Å². The molecule has 292 valence electrons. The highest BCUT2D eigenvalue weighted by Crippen LogP contribution is 2.33. The van der Waals surface area contributed by atoms with Crippen molar-refractivity contribution in [3.63, 3.8) is 0 Å². The number of carbonyl (C=O) groups is 5. The van der Waals surface area contributed by atoms with Gasteiger partial charge in [0.15, 0.2) is 0 Å². The van der Waals surface area contributed by atoms with Crippen LogP contribution in [0.15, 0.2) is 60.7 Å². The lowest BCUT2D eigenvalue weighted by Crippen LogP contribution is -2.54. The molecule has 0 saturated carbocycles. The first-order valence-corrected chi connectivity index (χ1v) is 19.5. The largest absolute Gasteiger partial charge is 0.415 e. The van der Waals surface area contributed by atoms with Crippen molar-refractivity contribution in [3.05, 3.63) is 88.8 Å². The van der Waals surface area contributed by atoms with Gasteiger partial charge in [-0.1, -0.05) is 6.07 Å². The zero-order valence-corrected chi connectivity index (χ0v) is 31.6. The molecule has 4 saturated heterocycles. The van der Waals surface area contributed by atoms with E-state index >= 15 is 0 Å². The van der Waals surface area contributed by atoms with Crippen molar-refractivity contribution in [1.82, 2.24) is 20.0 Å². The number of nitrogens with one attached hydrogen (secondary N) is 1. The van der Waals surface area contributed by atoms with Crippen LogP contribution < -0.4 is 24.8 Å². The van der Waals surface area contributed by atoms with Crippen LogP contribution in [0.1, 0.15) is 52.0 Å². The summed E-state index contributed by atoms with van der Waals surface area (Å²) < 4.78 is 5.71. The summed E-state index contributed by atoms with van der Waals surface area (Å²) in [6.07, 6.45) is 1.87. The number of hydrogen-bond acceptors (Lipinski definition) is 11. The zero-order chi connectivity index (χ0) is 39.6. The average Bonchev–Trinajstić information content (AvgIpc) is 3.49. The van der Waals surface area contributed by atoms with E-state index < -0.39 is 29.7 Å². The first-order chi connectivity index (χ1) is 27.7. The Balaban J connectivity index is 0.763. The minimum atomic E-state index is -0.973. The summed E-state index contributed by atoms with van der Waals surface area (Å²) in [5, 5.41) is 11.6. The Morgan fingerprint density at radius 3 is 2.05 bits per heavy atom. The van der Waals surface area contributed by atoms with Gasteiger partial charge in [0.2, 0.25) is 17.5 Å². The number of nitrogens with zero attached hydrogens (tertiary/aromatic N) is 8. The van der Waals surface area contributed by atoms with E-state index in [1.165, 1.54) is 0 Å². The lowest BCUT2D eigenvalue weighted by molar-refractivity contribution is -0.136. The van der Waals surface area contributed by atoms with Crippen LogP contribution in [0.5, 0.6) is 5.75 Å². The van der Waals surface area contributed by atoms with Gasteiger partial charge in [-0.2, -0.15) is 5.26 Å². The first kappa shape index (κ1) is 37.5. The van der Waals surface area contributed by atoms with Crippen molar-refractivity contribution < 1.29 is 28.7 Å². The number of benzene rings is 3. The van der Waals surface area contributed by atoms with Gasteiger partial charge in [0.25, 0.3) is 11.8 Å². The Kier molecular flexibility index (Phi) is 10.5. The third-order valence-corrected chi connectivity index (χ3v) is 11.8. The van der Waals surface area contributed by atoms with E-state index in [1.807, 2.05) is 36.4 Å². The standard InChI is InChI=1S/C42H43N9O6/c1-44-36-9-5-31(24-29(36)26-43)49-20-22-50(23-21-49)42(56)57-33-6-2-30(3-7-33)48-18-16-46(17-19-48)27-28-12-14-47(15-13-28)32-4-8-34-35(25-32)41(55)51(40(34)54)37-10-11-38(52)45-39(37)53/h2-9,24-25,28,37H,10-23,27H2,(H,45,52,53). The topological polar surface area (TPSA) is 154 Å². The van der Waals surface area contributed by atoms with E-state index in [4.69, 9.17) is 11.3 Å². The summed E-state index contributed by atoms with van der Waals surface area (Å²) in [5.41, 5.74) is 4.13. The normalized spacial score (nSPS) is 20.6. The highest BCUT2D eigenvalue weighted by Gasteiger charge is 2.45. The molecule has 5 heterocycles. The maximum absolute atomic E-state index is 13.3. The van der Waals surface area contributed by atoms with Crippen molar-refractivity contribution in [3.8, 4) is 11.8 Å². The summed E-state index contributed by atoms with van der Waals surface area (Å²) in [6, 6.07) is 19.4. The minimum absolute atomic E-state index is 0.0906. The average molecular weight is 770 g/mol. The molecule has 57 heavy (non-hydrogen) atoms. The minimum Gasteiger partial charge on any atom is -0.410 e. The van der Waals surface area contributed by atoms with Gasteiger partial charge in [-0.3, -0.25) is 34.3 Å². The van der Waals surface area contributed by atoms with E-state index in [-0.39, 0.29) is 18.9 Å². The number of hydrogen-bond donors (Lipinski definition) is 1. The summed E-state index contributed by atoms with van der Waals surface area (Å²) in [5.74, 6) is -0.924. The van der Waals surface area contributed by atoms with Crippen molar-refractivity contribution in [2.24, 2.45) is 5.92 Å². The molecule has 3 aromatic carbocycles. The van der Waals surface area contributed by atoms with E-state index in [2.05, 4.69) is 35.8 Å². The van der Waals surface area contributed by atoms with Crippen LogP contribution >= 0.6 is 0 Å². The molecule has 1 unspecified atom stereocenters. The number of piperidine rings is 2. The Morgan fingerprint density at radius 2 is 1.37 bits per heavy atom. The van der Waals surface area contributed by atoms with E-state index in [9.17, 15) is 29.2 Å². The quantitative estimate of drug-likeness (QED) is 0.275. The molecule has 0 spiro atoms. The highest BCUT2D eigenvalue weighted by atomic mass is 16.6. The number of fused-ring (bicyclic) bond motifs is 1. The number of carbonyl (C=O) groups excluding carboxylic acids is 5. The molecule has 15 nitrogen and oxygen atoms in total. The molecule has 1 N–H and O–H groups in total. The molecule has 5 aliphatic rings. The molecule has 0 aromatic heterocycles. The summed E-state index contributed by atoms with van der Waals surface area (Å²) in [4.78, 5) is 78.7. The summed E-state index contributed by atoms with van der Waals surface area (Å²) >= 11 is 0. The zero-order valence-electron chi connectivity index (χ0n) is 31.6. The van der Waals surface area contributed by atoms with E-state index in [0.29, 0.717) is 60.2 Å². The van der Waals surface area contributed by atoms with Crippen LogP contribution in [-0.2, 0) is 9.59 Å². The van der Waals surface area contributed by atoms with E-state index in [0.717, 1.165) is 80.6 Å². The Morgan fingerprint density at radius 1 is 0.754 bits per heavy atom. The van der Waals surface area contributed by atoms with Crippen molar-refractivity contribution in [2.75, 3.05) is 86.7 Å². The molecule has 3 aromatic rings. The maximum Gasteiger partial charge on any atom is 0.415 e. The molecule has 5 aliphatic heterocycles. The van der Waals surface area contributed by atoms with Gasteiger partial charge in [0, 0.05) is 95.5 Å². The summed E-state index contributed by atoms with van der Waals surface area (Å²) in [6.45, 7) is 15.8. The molecule has 0 bridgehead atoms. The lowest BCUT2D eigenvalue weighted by Gasteiger charge is -2.40. The molecule has 1 atom stereocenters. The number of anilines is 3. The van der Waals surface area contributed by atoms with Crippen LogP contribution in [0, 0.1) is 23.8 Å². The van der Waals surface area contributed by atoms with Gasteiger partial charge in [0.1, 0.15) is 11.8 Å². The van der Waals surface area contributed by atoms with Crippen LogP contribution in [0.3, 0.4) is 0 Å². The van der Waals surface area contributed by atoms with Crippen LogP contribution in [0.4, 0.5) is 27.5 Å². The molecule has 15 heteroatoms. The van der Waals surface area contributed by atoms with Gasteiger partial charge >= 0.3 is 6.09 Å². The fraction of sp³-hybridized carbons (Fsp3) is 0.405. The molecule has 0 radical (unpaired) electrons. The second-order valence-electron chi connectivity index (χ2n) is 15.2. The second-order valence-corrected chi connectivity index (χ2v) is 15.2. The highest BCUT2D eigenvalue weighted by molar-refractivity contribution is 6.23. The SMILES string of the molecule is [C-]#[N+]c1ccc(N2CCN(C(=O)Oc3ccc(N4CCN(CC5CCN(c6ccc7c(c6)C(=O)N(C6CCC(=O)NC6=O)C7=O)CC5)CC4)cc3)CC2)cc1C#N. The molecule has 8 rings (SSSR count). The van der Waals surface area contributed by atoms with Gasteiger partial charge < -0.3 is 24.3 Å². The number of imide groups is 2. The maximum atomic E-state index is 13.3. The molecule has 4 fully saturated rings. The number of rotatable bonds is 7. The predicted molar refractivity (Wildman–Crippen MR) is 210 cm³/mol. The predicted octanol–water partition coefficient (Wildman–Crippen LogP) is 3.87. The molecular weight excluding hydrogens is 727 g/mol. The smallest absolute Gasteiger partial charge is 0.410 e. The second kappa shape index (κ2) is 16.0. The van der Waals surface area contributed by atoms with Crippen molar-refractivity contribution in [2.45, 2.75) is 31.7 Å². The summed E-state index contributed by atoms with van der Waals surface area (Å²) in [7, 11) is 0. The van der Waals surface area contributed by atoms with Crippen LogP contribution in [0.2, 0.25) is 0 Å². The third-order valence-electron chi connectivity index (χ3n) is 11.8. The Labute approximate surface area is 330 Å². The van der Waals surface area contributed by atoms with Crippen LogP contribution in [0.25, 0.3) is 4.85 Å². The van der Waals surface area contributed by atoms with Gasteiger partial charge in [-0.15, -0.1) is 0 Å². The van der Waals surface area contributed by atoms with Gasteiger partial charge in [0.05, 0.1) is 29.3 Å². The fourth-order valence-corrected chi connectivity index (χ4v) is 8.53. The monoisotopic (exact) mass is 769 g/mol. The van der Waals surface area contributed by atoms with Crippen molar-refractivity contribution >= 4 is 52.5 Å². The first-order valence-electron chi connectivity index (χ1n) is 19.5. The number of piperazine rings is 2. The Hall–Kier alpha value is -6.45. The van der Waals surface area contributed by atoms with Crippen LogP contribution in [-0.4, -0.2) is 122 Å². The molecular formula is C42H43N9O6. The molecule has 0 aliphatic carbocycles. The number of nitriles is 1. The third kappa shape index (κ3) is 7.71.